The molecule has 0 radical (unpaired) electrons. The average Bonchev–Trinajstić information content (AvgIpc) is 2.90. The van der Waals surface area contributed by atoms with E-state index in [1.54, 1.807) is 6.07 Å². The van der Waals surface area contributed by atoms with Gasteiger partial charge in [0.15, 0.2) is 5.76 Å². The monoisotopic (exact) mass is 370 g/mol. The van der Waals surface area contributed by atoms with Crippen molar-refractivity contribution >= 4 is 21.6 Å². The largest absolute Gasteiger partial charge is 0.377 e. The van der Waals surface area contributed by atoms with E-state index >= 15 is 0 Å². The quantitative estimate of drug-likeness (QED) is 0.810. The van der Waals surface area contributed by atoms with E-state index in [1.165, 1.54) is 12.7 Å². The summed E-state index contributed by atoms with van der Waals surface area (Å²) in [7, 11) is -1.91. The van der Waals surface area contributed by atoms with Gasteiger partial charge < -0.3 is 9.26 Å². The highest BCUT2D eigenvalue weighted by molar-refractivity contribution is 7.88. The van der Waals surface area contributed by atoms with E-state index in [9.17, 15) is 8.42 Å². The number of hydrogen-bond acceptors (Lipinski definition) is 5. The number of nitrogens with zero attached hydrogens (tertiary/aromatic N) is 1. The number of ether oxygens (including phenoxy) is 1. The number of sulfonamides is 1. The Kier molecular flexibility index (Phi) is 5.24. The van der Waals surface area contributed by atoms with Crippen LogP contribution in [0, 0.1) is 0 Å². The second kappa shape index (κ2) is 7.23. The molecule has 0 bridgehead atoms. The van der Waals surface area contributed by atoms with Crippen LogP contribution in [0.3, 0.4) is 0 Å². The third kappa shape index (κ3) is 4.36. The molecule has 0 saturated heterocycles. The van der Waals surface area contributed by atoms with Gasteiger partial charge in [0.2, 0.25) is 10.0 Å². The van der Waals surface area contributed by atoms with Crippen molar-refractivity contribution in [3.8, 4) is 0 Å². The van der Waals surface area contributed by atoms with E-state index in [4.69, 9.17) is 20.9 Å². The summed E-state index contributed by atoms with van der Waals surface area (Å²) in [6, 6.07) is 9.25. The lowest BCUT2D eigenvalue weighted by molar-refractivity contribution is 0.156. The minimum atomic E-state index is -3.44. The zero-order valence-corrected chi connectivity index (χ0v) is 14.8. The van der Waals surface area contributed by atoms with Gasteiger partial charge in [-0.1, -0.05) is 28.9 Å². The Balaban J connectivity index is 1.51. The van der Waals surface area contributed by atoms with E-state index < -0.39 is 10.0 Å². The van der Waals surface area contributed by atoms with Crippen LogP contribution in [0.5, 0.6) is 0 Å². The van der Waals surface area contributed by atoms with Crippen molar-refractivity contribution in [2.75, 3.05) is 7.11 Å². The molecule has 1 aromatic carbocycles. The standard InChI is InChI=1S/C16H19ClN2O4S/c1-22-9-16-8-15(18-23-16)10-24(20,21)19-14-6-12(7-14)11-2-4-13(17)5-3-11/h2-5,8,12,14,19H,6-7,9-10H2,1H3. The first-order valence-corrected chi connectivity index (χ1v) is 9.67. The number of hydrogen-bond donors (Lipinski definition) is 1. The predicted molar refractivity (Wildman–Crippen MR) is 90.2 cm³/mol. The second-order valence-electron chi connectivity index (χ2n) is 6.01. The van der Waals surface area contributed by atoms with Gasteiger partial charge >= 0.3 is 0 Å². The Hall–Kier alpha value is -1.41. The van der Waals surface area contributed by atoms with Crippen molar-refractivity contribution in [1.82, 2.24) is 9.88 Å². The van der Waals surface area contributed by atoms with Gasteiger partial charge in [0.25, 0.3) is 0 Å². The van der Waals surface area contributed by atoms with Gasteiger partial charge in [-0.05, 0) is 36.5 Å². The van der Waals surface area contributed by atoms with Crippen LogP contribution in [0.2, 0.25) is 5.02 Å². The molecule has 24 heavy (non-hydrogen) atoms. The minimum absolute atomic E-state index is 0.0407. The van der Waals surface area contributed by atoms with E-state index in [0.29, 0.717) is 22.4 Å². The van der Waals surface area contributed by atoms with Crippen molar-refractivity contribution in [1.29, 1.82) is 0 Å². The first-order valence-electron chi connectivity index (χ1n) is 7.64. The van der Waals surface area contributed by atoms with Crippen LogP contribution in [-0.2, 0) is 27.1 Å². The predicted octanol–water partition coefficient (Wildman–Crippen LogP) is 2.84. The molecule has 0 amide bonds. The van der Waals surface area contributed by atoms with Crippen LogP contribution < -0.4 is 4.72 Å². The van der Waals surface area contributed by atoms with Crippen LogP contribution in [0.15, 0.2) is 34.9 Å². The fraction of sp³-hybridized carbons (Fsp3) is 0.438. The second-order valence-corrected chi connectivity index (χ2v) is 8.20. The van der Waals surface area contributed by atoms with Crippen molar-refractivity contribution in [3.63, 3.8) is 0 Å². The summed E-state index contributed by atoms with van der Waals surface area (Å²) < 4.78 is 37.1. The van der Waals surface area contributed by atoms with Crippen molar-refractivity contribution in [2.45, 2.75) is 37.2 Å². The molecule has 2 aromatic rings. The summed E-state index contributed by atoms with van der Waals surface area (Å²) >= 11 is 5.88. The summed E-state index contributed by atoms with van der Waals surface area (Å²) in [5.41, 5.74) is 1.57. The molecule has 130 valence electrons. The van der Waals surface area contributed by atoms with Crippen LogP contribution >= 0.6 is 11.6 Å². The number of methoxy groups -OCH3 is 1. The highest BCUT2D eigenvalue weighted by Crippen LogP contribution is 2.37. The molecule has 0 aliphatic heterocycles. The topological polar surface area (TPSA) is 81.4 Å². The highest BCUT2D eigenvalue weighted by Gasteiger charge is 2.33. The molecule has 0 atom stereocenters. The van der Waals surface area contributed by atoms with Gasteiger partial charge in [-0.3, -0.25) is 0 Å². The Morgan fingerprint density at radius 3 is 2.71 bits per heavy atom. The highest BCUT2D eigenvalue weighted by atomic mass is 35.5. The van der Waals surface area contributed by atoms with Gasteiger partial charge in [-0.15, -0.1) is 0 Å². The van der Waals surface area contributed by atoms with Crippen molar-refractivity contribution in [2.24, 2.45) is 0 Å². The Morgan fingerprint density at radius 1 is 1.33 bits per heavy atom. The maximum Gasteiger partial charge on any atom is 0.217 e. The molecule has 1 saturated carbocycles. The lowest BCUT2D eigenvalue weighted by atomic mass is 9.76. The summed E-state index contributed by atoms with van der Waals surface area (Å²) in [5, 5.41) is 4.46. The lowest BCUT2D eigenvalue weighted by Crippen LogP contribution is -2.43. The fourth-order valence-corrected chi connectivity index (χ4v) is 4.28. The third-order valence-corrected chi connectivity index (χ3v) is 5.68. The minimum Gasteiger partial charge on any atom is -0.377 e. The molecule has 1 N–H and O–H groups in total. The zero-order valence-electron chi connectivity index (χ0n) is 13.2. The van der Waals surface area contributed by atoms with Gasteiger partial charge in [-0.2, -0.15) is 0 Å². The van der Waals surface area contributed by atoms with Gasteiger partial charge in [0.05, 0.1) is 0 Å². The first kappa shape index (κ1) is 17.4. The van der Waals surface area contributed by atoms with Crippen LogP contribution in [0.1, 0.15) is 35.8 Å². The van der Waals surface area contributed by atoms with Crippen molar-refractivity contribution < 1.29 is 17.7 Å². The fourth-order valence-electron chi connectivity index (χ4n) is 2.85. The maximum atomic E-state index is 12.2. The van der Waals surface area contributed by atoms with Crippen LogP contribution in [0.25, 0.3) is 0 Å². The van der Waals surface area contributed by atoms with Crippen molar-refractivity contribution in [3.05, 3.63) is 52.4 Å². The molecule has 6 nitrogen and oxygen atoms in total. The number of rotatable bonds is 7. The van der Waals surface area contributed by atoms with E-state index in [1.807, 2.05) is 24.3 Å². The zero-order chi connectivity index (χ0) is 17.2. The first-order chi connectivity index (χ1) is 11.4. The Morgan fingerprint density at radius 2 is 2.04 bits per heavy atom. The van der Waals surface area contributed by atoms with E-state index in [2.05, 4.69) is 9.88 Å². The Bertz CT molecular complexity index is 783. The van der Waals surface area contributed by atoms with Crippen LogP contribution in [-0.4, -0.2) is 26.7 Å². The van der Waals surface area contributed by atoms with Crippen LogP contribution in [0.4, 0.5) is 0 Å². The normalized spacial score (nSPS) is 20.8. The average molecular weight is 371 g/mol. The molecule has 3 rings (SSSR count). The van der Waals surface area contributed by atoms with E-state index in [-0.39, 0.29) is 18.4 Å². The maximum absolute atomic E-state index is 12.2. The molecular weight excluding hydrogens is 352 g/mol. The Labute approximate surface area is 146 Å². The molecule has 1 aliphatic rings. The molecule has 0 spiro atoms. The number of aromatic nitrogens is 1. The summed E-state index contributed by atoms with van der Waals surface area (Å²) in [5.74, 6) is 0.687. The number of benzene rings is 1. The summed E-state index contributed by atoms with van der Waals surface area (Å²) in [6.45, 7) is 0.270. The van der Waals surface area contributed by atoms with Gasteiger partial charge in [-0.25, -0.2) is 13.1 Å². The molecule has 1 aliphatic carbocycles. The molecule has 1 heterocycles. The number of halogens is 1. The van der Waals surface area contributed by atoms with Gasteiger partial charge in [0, 0.05) is 24.2 Å². The summed E-state index contributed by atoms with van der Waals surface area (Å²) in [4.78, 5) is 0. The molecular formula is C16H19ClN2O4S. The molecule has 1 aromatic heterocycles. The molecule has 0 unspecified atom stereocenters. The van der Waals surface area contributed by atoms with E-state index in [0.717, 1.165) is 12.8 Å². The third-order valence-electron chi connectivity index (χ3n) is 4.06. The molecule has 1 fully saturated rings. The smallest absolute Gasteiger partial charge is 0.217 e. The van der Waals surface area contributed by atoms with Gasteiger partial charge in [0.1, 0.15) is 18.1 Å². The molecule has 8 heteroatoms. The number of nitrogens with one attached hydrogen (secondary N) is 1. The summed E-state index contributed by atoms with van der Waals surface area (Å²) in [6.07, 6.45) is 1.57. The lowest BCUT2D eigenvalue weighted by Gasteiger charge is -2.35. The SMILES string of the molecule is COCc1cc(CS(=O)(=O)NC2CC(c3ccc(Cl)cc3)C2)no1.